The van der Waals surface area contributed by atoms with Gasteiger partial charge in [0.05, 0.1) is 18.0 Å². The Morgan fingerprint density at radius 2 is 2.04 bits per heavy atom. The normalized spacial score (nSPS) is 23.8. The zero-order valence-electron chi connectivity index (χ0n) is 14.2. The van der Waals surface area contributed by atoms with Crippen LogP contribution in [0.1, 0.15) is 29.5 Å². The zero-order chi connectivity index (χ0) is 18.5. The zero-order valence-corrected chi connectivity index (χ0v) is 15.0. The predicted molar refractivity (Wildman–Crippen MR) is 98.8 cm³/mol. The SMILES string of the molecule is COc1ccc(C2Nc3ccc(S(N)(=O)=O)cc3C3C=CCC32)cc1O. The van der Waals surface area contributed by atoms with Crippen LogP contribution in [-0.4, -0.2) is 20.6 Å². The first-order chi connectivity index (χ1) is 12.4. The molecule has 7 heteroatoms. The topological polar surface area (TPSA) is 102 Å². The van der Waals surface area contributed by atoms with Gasteiger partial charge in [-0.1, -0.05) is 18.2 Å². The monoisotopic (exact) mass is 372 g/mol. The largest absolute Gasteiger partial charge is 0.504 e. The summed E-state index contributed by atoms with van der Waals surface area (Å²) < 4.78 is 28.5. The number of methoxy groups -OCH3 is 1. The minimum atomic E-state index is -3.74. The number of aromatic hydroxyl groups is 1. The first kappa shape index (κ1) is 16.9. The fraction of sp³-hybridized carbons (Fsp3) is 0.263. The fourth-order valence-corrected chi connectivity index (χ4v) is 4.53. The molecule has 3 atom stereocenters. The number of nitrogens with one attached hydrogen (secondary N) is 1. The highest BCUT2D eigenvalue weighted by Crippen LogP contribution is 2.50. The van der Waals surface area contributed by atoms with E-state index in [0.29, 0.717) is 5.75 Å². The minimum Gasteiger partial charge on any atom is -0.504 e. The summed E-state index contributed by atoms with van der Waals surface area (Å²) in [6.45, 7) is 0. The van der Waals surface area contributed by atoms with E-state index >= 15 is 0 Å². The number of hydrogen-bond donors (Lipinski definition) is 3. The van der Waals surface area contributed by atoms with Crippen molar-refractivity contribution in [3.63, 3.8) is 0 Å². The van der Waals surface area contributed by atoms with Crippen LogP contribution in [0, 0.1) is 5.92 Å². The Balaban J connectivity index is 1.77. The summed E-state index contributed by atoms with van der Waals surface area (Å²) in [5, 5.41) is 18.9. The van der Waals surface area contributed by atoms with Gasteiger partial charge in [0.25, 0.3) is 0 Å². The molecule has 0 aromatic heterocycles. The van der Waals surface area contributed by atoms with Crippen molar-refractivity contribution in [3.8, 4) is 11.5 Å². The van der Waals surface area contributed by atoms with Gasteiger partial charge in [0, 0.05) is 11.6 Å². The summed E-state index contributed by atoms with van der Waals surface area (Å²) in [6.07, 6.45) is 5.11. The number of rotatable bonds is 3. The van der Waals surface area contributed by atoms with Gasteiger partial charge in [0.1, 0.15) is 0 Å². The molecule has 4 N–H and O–H groups in total. The molecule has 1 aliphatic carbocycles. The quantitative estimate of drug-likeness (QED) is 0.719. The summed E-state index contributed by atoms with van der Waals surface area (Å²) in [5.41, 5.74) is 2.78. The lowest BCUT2D eigenvalue weighted by molar-refractivity contribution is 0.371. The summed E-state index contributed by atoms with van der Waals surface area (Å²) in [6, 6.07) is 10.3. The number of primary sulfonamides is 1. The number of ether oxygens (including phenoxy) is 1. The summed E-state index contributed by atoms with van der Waals surface area (Å²) in [7, 11) is -2.23. The number of phenolic OH excluding ortho intramolecular Hbond substituents is 1. The van der Waals surface area contributed by atoms with Crippen LogP contribution in [-0.2, 0) is 10.0 Å². The lowest BCUT2D eigenvalue weighted by Crippen LogP contribution is -2.29. The van der Waals surface area contributed by atoms with E-state index in [1.165, 1.54) is 13.2 Å². The predicted octanol–water partition coefficient (Wildman–Crippen LogP) is 2.87. The molecule has 0 bridgehead atoms. The van der Waals surface area contributed by atoms with Crippen molar-refractivity contribution in [2.24, 2.45) is 11.1 Å². The van der Waals surface area contributed by atoms with Gasteiger partial charge < -0.3 is 15.2 Å². The molecule has 0 radical (unpaired) electrons. The smallest absolute Gasteiger partial charge is 0.238 e. The molecule has 0 amide bonds. The Labute approximate surface area is 152 Å². The molecule has 2 aromatic rings. The van der Waals surface area contributed by atoms with Crippen molar-refractivity contribution in [2.45, 2.75) is 23.3 Å². The van der Waals surface area contributed by atoms with E-state index < -0.39 is 10.0 Å². The van der Waals surface area contributed by atoms with Crippen molar-refractivity contribution in [1.82, 2.24) is 0 Å². The van der Waals surface area contributed by atoms with E-state index in [4.69, 9.17) is 9.88 Å². The third-order valence-corrected chi connectivity index (χ3v) is 6.14. The highest BCUT2D eigenvalue weighted by Gasteiger charge is 2.38. The molecular formula is C19H20N2O4S. The van der Waals surface area contributed by atoms with Gasteiger partial charge in [-0.25, -0.2) is 13.6 Å². The van der Waals surface area contributed by atoms with Crippen LogP contribution in [0.15, 0.2) is 53.4 Å². The van der Waals surface area contributed by atoms with Gasteiger partial charge in [-0.05, 0) is 53.8 Å². The van der Waals surface area contributed by atoms with Crippen molar-refractivity contribution < 1.29 is 18.3 Å². The summed E-state index contributed by atoms with van der Waals surface area (Å²) in [5.74, 6) is 0.863. The van der Waals surface area contributed by atoms with E-state index in [1.807, 2.05) is 6.07 Å². The number of nitrogens with two attached hydrogens (primary N) is 1. The van der Waals surface area contributed by atoms with Gasteiger partial charge in [0.2, 0.25) is 10.0 Å². The molecule has 2 aromatic carbocycles. The van der Waals surface area contributed by atoms with E-state index in [2.05, 4.69) is 17.5 Å². The number of fused-ring (bicyclic) bond motifs is 3. The molecule has 0 spiro atoms. The summed E-state index contributed by atoms with van der Waals surface area (Å²) >= 11 is 0. The van der Waals surface area contributed by atoms with Gasteiger partial charge in [-0.3, -0.25) is 0 Å². The van der Waals surface area contributed by atoms with E-state index in [1.54, 1.807) is 24.3 Å². The standard InChI is InChI=1S/C19H20N2O4S/c1-25-18-8-5-11(9-17(18)22)19-14-4-2-3-13(14)15-10-12(26(20,23)24)6-7-16(15)21-19/h2-3,5-10,13-14,19,21-22H,4H2,1H3,(H2,20,23,24). The number of hydrogen-bond acceptors (Lipinski definition) is 5. The van der Waals surface area contributed by atoms with Crippen LogP contribution in [0.2, 0.25) is 0 Å². The average molecular weight is 372 g/mol. The molecule has 6 nitrogen and oxygen atoms in total. The second kappa shape index (κ2) is 6.03. The van der Waals surface area contributed by atoms with Crippen LogP contribution < -0.4 is 15.2 Å². The maximum Gasteiger partial charge on any atom is 0.238 e. The molecule has 136 valence electrons. The van der Waals surface area contributed by atoms with Crippen LogP contribution in [0.3, 0.4) is 0 Å². The van der Waals surface area contributed by atoms with E-state index in [0.717, 1.165) is 23.2 Å². The maximum absolute atomic E-state index is 11.7. The Bertz CT molecular complexity index is 1000. The number of benzene rings is 2. The Morgan fingerprint density at radius 3 is 2.73 bits per heavy atom. The Kier molecular flexibility index (Phi) is 3.93. The van der Waals surface area contributed by atoms with E-state index in [-0.39, 0.29) is 28.5 Å². The number of phenols is 1. The molecule has 4 rings (SSSR count). The number of anilines is 1. The molecular weight excluding hydrogens is 352 g/mol. The molecule has 26 heavy (non-hydrogen) atoms. The van der Waals surface area contributed by atoms with Gasteiger partial charge in [0.15, 0.2) is 11.5 Å². The third-order valence-electron chi connectivity index (χ3n) is 5.22. The fourth-order valence-electron chi connectivity index (χ4n) is 3.98. The molecule has 1 aliphatic heterocycles. The first-order valence-corrected chi connectivity index (χ1v) is 9.90. The van der Waals surface area contributed by atoms with Crippen molar-refractivity contribution in [3.05, 3.63) is 59.7 Å². The first-order valence-electron chi connectivity index (χ1n) is 8.35. The van der Waals surface area contributed by atoms with Crippen LogP contribution in [0.25, 0.3) is 0 Å². The molecule has 0 saturated carbocycles. The second-order valence-electron chi connectivity index (χ2n) is 6.70. The molecule has 3 unspecified atom stereocenters. The van der Waals surface area contributed by atoms with Crippen molar-refractivity contribution in [2.75, 3.05) is 12.4 Å². The lowest BCUT2D eigenvalue weighted by atomic mass is 9.77. The van der Waals surface area contributed by atoms with Gasteiger partial charge in [-0.2, -0.15) is 0 Å². The second-order valence-corrected chi connectivity index (χ2v) is 8.26. The van der Waals surface area contributed by atoms with Crippen LogP contribution >= 0.6 is 0 Å². The number of sulfonamides is 1. The number of allylic oxidation sites excluding steroid dienone is 2. The third kappa shape index (κ3) is 2.73. The highest BCUT2D eigenvalue weighted by molar-refractivity contribution is 7.89. The molecule has 0 saturated heterocycles. The van der Waals surface area contributed by atoms with Gasteiger partial charge in [-0.15, -0.1) is 0 Å². The minimum absolute atomic E-state index is 0.000334. The maximum atomic E-state index is 11.7. The Hall–Kier alpha value is -2.51. The van der Waals surface area contributed by atoms with Crippen LogP contribution in [0.5, 0.6) is 11.5 Å². The van der Waals surface area contributed by atoms with Gasteiger partial charge >= 0.3 is 0 Å². The van der Waals surface area contributed by atoms with E-state index in [9.17, 15) is 13.5 Å². The van der Waals surface area contributed by atoms with Crippen LogP contribution in [0.4, 0.5) is 5.69 Å². The average Bonchev–Trinajstić information content (AvgIpc) is 3.09. The molecule has 0 fully saturated rings. The van der Waals surface area contributed by atoms with Crippen molar-refractivity contribution >= 4 is 15.7 Å². The molecule has 1 heterocycles. The summed E-state index contributed by atoms with van der Waals surface area (Å²) in [4.78, 5) is 0.123. The highest BCUT2D eigenvalue weighted by atomic mass is 32.2. The van der Waals surface area contributed by atoms with Crippen molar-refractivity contribution in [1.29, 1.82) is 0 Å². The Morgan fingerprint density at radius 1 is 1.23 bits per heavy atom. The molecule has 2 aliphatic rings. The lowest BCUT2D eigenvalue weighted by Gasteiger charge is -2.37.